The predicted octanol–water partition coefficient (Wildman–Crippen LogP) is 4.02. The number of thioether (sulfide) groups is 1. The minimum Gasteiger partial charge on any atom is -0.397 e. The van der Waals surface area contributed by atoms with Crippen molar-refractivity contribution in [2.45, 2.75) is 29.8 Å². The van der Waals surface area contributed by atoms with Crippen molar-refractivity contribution in [2.75, 3.05) is 29.5 Å². The minimum absolute atomic E-state index is 0.188. The summed E-state index contributed by atoms with van der Waals surface area (Å²) in [5.41, 5.74) is 9.72. The van der Waals surface area contributed by atoms with E-state index in [4.69, 9.17) is 10.7 Å². The summed E-state index contributed by atoms with van der Waals surface area (Å²) in [6.45, 7) is 2.04. The van der Waals surface area contributed by atoms with E-state index in [-0.39, 0.29) is 5.91 Å². The third-order valence-electron chi connectivity index (χ3n) is 5.84. The Morgan fingerprint density at radius 3 is 2.68 bits per heavy atom. The van der Waals surface area contributed by atoms with E-state index in [1.54, 1.807) is 23.9 Å². The number of amides is 1. The Kier molecular flexibility index (Phi) is 6.64. The number of hydrogen-bond donors (Lipinski definition) is 4. The molecule has 5 N–H and O–H groups in total. The second-order valence-corrected chi connectivity index (χ2v) is 9.22. The van der Waals surface area contributed by atoms with Crippen LogP contribution in [0.25, 0.3) is 5.52 Å². The molecule has 1 fully saturated rings. The molecule has 34 heavy (non-hydrogen) atoms. The summed E-state index contributed by atoms with van der Waals surface area (Å²) in [6.07, 6.45) is 4.11. The minimum atomic E-state index is -0.188. The molecule has 0 radical (unpaired) electrons. The summed E-state index contributed by atoms with van der Waals surface area (Å²) in [7, 11) is 0. The van der Waals surface area contributed by atoms with E-state index in [1.807, 2.05) is 59.2 Å². The van der Waals surface area contributed by atoms with Crippen LogP contribution in [-0.2, 0) is 5.75 Å². The van der Waals surface area contributed by atoms with E-state index in [0.29, 0.717) is 33.9 Å². The molecule has 0 unspecified atom stereocenters. The van der Waals surface area contributed by atoms with E-state index in [9.17, 15) is 4.79 Å². The number of hydrogen-bond acceptors (Lipinski definition) is 7. The van der Waals surface area contributed by atoms with Crippen LogP contribution in [0.15, 0.2) is 72.0 Å². The van der Waals surface area contributed by atoms with Crippen LogP contribution in [0, 0.1) is 0 Å². The van der Waals surface area contributed by atoms with E-state index in [1.165, 1.54) is 0 Å². The number of carbonyl (C=O) groups excluding carboxylic acids is 1. The number of nitrogens with two attached hydrogens (primary N) is 1. The van der Waals surface area contributed by atoms with Crippen molar-refractivity contribution in [1.29, 1.82) is 0 Å². The molecule has 0 aliphatic carbocycles. The van der Waals surface area contributed by atoms with Gasteiger partial charge in [0.1, 0.15) is 5.52 Å². The zero-order valence-electron chi connectivity index (χ0n) is 18.7. The van der Waals surface area contributed by atoms with Gasteiger partial charge in [-0.15, -0.1) is 5.10 Å². The van der Waals surface area contributed by atoms with Gasteiger partial charge in [-0.05, 0) is 67.9 Å². The molecule has 4 aromatic rings. The Bertz CT molecular complexity index is 1280. The molecule has 5 rings (SSSR count). The average molecular weight is 474 g/mol. The van der Waals surface area contributed by atoms with Crippen molar-refractivity contribution in [3.8, 4) is 0 Å². The van der Waals surface area contributed by atoms with Crippen molar-refractivity contribution in [1.82, 2.24) is 19.9 Å². The van der Waals surface area contributed by atoms with Gasteiger partial charge in [0.05, 0.1) is 11.4 Å². The smallest absolute Gasteiger partial charge is 0.255 e. The highest BCUT2D eigenvalue weighted by molar-refractivity contribution is 7.98. The van der Waals surface area contributed by atoms with Gasteiger partial charge in [0.2, 0.25) is 5.16 Å². The highest BCUT2D eigenvalue weighted by Crippen LogP contribution is 2.25. The van der Waals surface area contributed by atoms with Gasteiger partial charge in [-0.1, -0.05) is 36.0 Å². The quantitative estimate of drug-likeness (QED) is 0.237. The fraction of sp³-hybridized carbons (Fsp3) is 0.240. The number of rotatable bonds is 7. The van der Waals surface area contributed by atoms with Crippen LogP contribution < -0.4 is 21.7 Å². The molecular formula is C25H27N7OS. The van der Waals surface area contributed by atoms with Gasteiger partial charge >= 0.3 is 0 Å². The zero-order valence-corrected chi connectivity index (χ0v) is 19.5. The van der Waals surface area contributed by atoms with E-state index in [2.05, 4.69) is 21.0 Å². The molecule has 8 nitrogen and oxygen atoms in total. The molecular weight excluding hydrogens is 446 g/mol. The summed E-state index contributed by atoms with van der Waals surface area (Å²) < 4.78 is 1.88. The molecule has 2 aromatic heterocycles. The standard InChI is InChI=1S/C25H27N7OS/c26-20-4-1-2-5-21(20)29-24(33)18-9-7-17(8-10-18)16-34-25-30-23(22-6-3-15-32(22)31-25)28-19-11-13-27-14-12-19/h1-10,15,19,27H,11-14,16,26H2,(H,29,33)(H,28,30,31). The molecule has 1 aliphatic heterocycles. The molecule has 0 spiro atoms. The molecule has 2 aromatic carbocycles. The van der Waals surface area contributed by atoms with Crippen LogP contribution in [0.2, 0.25) is 0 Å². The maximum absolute atomic E-state index is 12.6. The van der Waals surface area contributed by atoms with Crippen LogP contribution in [0.1, 0.15) is 28.8 Å². The maximum Gasteiger partial charge on any atom is 0.255 e. The Morgan fingerprint density at radius 1 is 1.09 bits per heavy atom. The number of piperidine rings is 1. The van der Waals surface area contributed by atoms with Gasteiger partial charge in [0.25, 0.3) is 5.91 Å². The zero-order chi connectivity index (χ0) is 23.3. The third kappa shape index (κ3) is 5.16. The van der Waals surface area contributed by atoms with Gasteiger partial charge in [-0.2, -0.15) is 0 Å². The van der Waals surface area contributed by atoms with E-state index >= 15 is 0 Å². The first-order chi connectivity index (χ1) is 16.7. The monoisotopic (exact) mass is 473 g/mol. The number of nitrogens with one attached hydrogen (secondary N) is 3. The Hall–Kier alpha value is -3.56. The van der Waals surface area contributed by atoms with E-state index in [0.717, 1.165) is 42.8 Å². The largest absolute Gasteiger partial charge is 0.397 e. The summed E-state index contributed by atoms with van der Waals surface area (Å²) in [5.74, 6) is 1.39. The van der Waals surface area contributed by atoms with Crippen LogP contribution in [0.4, 0.5) is 17.2 Å². The average Bonchev–Trinajstić information content (AvgIpc) is 3.34. The first-order valence-corrected chi connectivity index (χ1v) is 12.3. The lowest BCUT2D eigenvalue weighted by Crippen LogP contribution is -2.35. The van der Waals surface area contributed by atoms with Crippen molar-refractivity contribution in [3.63, 3.8) is 0 Å². The number of anilines is 3. The molecule has 9 heteroatoms. The number of fused-ring (bicyclic) bond motifs is 1. The van der Waals surface area contributed by atoms with Crippen molar-refractivity contribution < 1.29 is 4.79 Å². The van der Waals surface area contributed by atoms with Gasteiger partial charge < -0.3 is 21.7 Å². The molecule has 0 atom stereocenters. The van der Waals surface area contributed by atoms with Crippen LogP contribution in [0.3, 0.4) is 0 Å². The van der Waals surface area contributed by atoms with Gasteiger partial charge in [0.15, 0.2) is 5.82 Å². The number of para-hydroxylation sites is 2. The molecule has 174 valence electrons. The normalized spacial score (nSPS) is 14.2. The predicted molar refractivity (Wildman–Crippen MR) is 137 cm³/mol. The topological polar surface area (TPSA) is 109 Å². The van der Waals surface area contributed by atoms with Crippen LogP contribution in [0.5, 0.6) is 0 Å². The lowest BCUT2D eigenvalue weighted by Gasteiger charge is -2.24. The van der Waals surface area contributed by atoms with Gasteiger partial charge in [-0.25, -0.2) is 9.50 Å². The number of benzene rings is 2. The third-order valence-corrected chi connectivity index (χ3v) is 6.75. The first-order valence-electron chi connectivity index (χ1n) is 11.4. The molecule has 1 aliphatic rings. The summed E-state index contributed by atoms with van der Waals surface area (Å²) >= 11 is 1.57. The molecule has 1 saturated heterocycles. The molecule has 0 saturated carbocycles. The first kappa shape index (κ1) is 22.2. The van der Waals surface area contributed by atoms with E-state index < -0.39 is 0 Å². The van der Waals surface area contributed by atoms with Crippen molar-refractivity contribution in [3.05, 3.63) is 78.0 Å². The van der Waals surface area contributed by atoms with Gasteiger partial charge in [-0.3, -0.25) is 4.79 Å². The summed E-state index contributed by atoms with van der Waals surface area (Å²) in [4.78, 5) is 17.4. The molecule has 1 amide bonds. The second kappa shape index (κ2) is 10.1. The molecule has 3 heterocycles. The maximum atomic E-state index is 12.6. The van der Waals surface area contributed by atoms with Crippen molar-refractivity contribution in [2.24, 2.45) is 0 Å². The summed E-state index contributed by atoms with van der Waals surface area (Å²) in [5, 5.41) is 15.2. The number of carbonyl (C=O) groups is 1. The fourth-order valence-electron chi connectivity index (χ4n) is 3.95. The van der Waals surface area contributed by atoms with Crippen LogP contribution >= 0.6 is 11.8 Å². The number of aromatic nitrogens is 3. The Morgan fingerprint density at radius 2 is 1.88 bits per heavy atom. The number of nitrogen functional groups attached to an aromatic ring is 1. The second-order valence-electron chi connectivity index (χ2n) is 8.28. The highest BCUT2D eigenvalue weighted by Gasteiger charge is 2.16. The van der Waals surface area contributed by atoms with Crippen LogP contribution in [-0.4, -0.2) is 39.6 Å². The molecule has 0 bridgehead atoms. The van der Waals surface area contributed by atoms with Crippen molar-refractivity contribution >= 4 is 40.4 Å². The lowest BCUT2D eigenvalue weighted by atomic mass is 10.1. The summed E-state index contributed by atoms with van der Waals surface area (Å²) in [6, 6.07) is 19.2. The lowest BCUT2D eigenvalue weighted by molar-refractivity contribution is 0.102. The Labute approximate surface area is 202 Å². The number of nitrogens with zero attached hydrogens (tertiary/aromatic N) is 3. The SMILES string of the molecule is Nc1ccccc1NC(=O)c1ccc(CSc2nc(NC3CCNCC3)c3cccn3n2)cc1. The van der Waals surface area contributed by atoms with Gasteiger partial charge in [0, 0.05) is 23.6 Å². The Balaban J connectivity index is 1.24. The highest BCUT2D eigenvalue weighted by atomic mass is 32.2. The fourth-order valence-corrected chi connectivity index (χ4v) is 4.74.